The quantitative estimate of drug-likeness (QED) is 0.614. The summed E-state index contributed by atoms with van der Waals surface area (Å²) in [4.78, 5) is 34.3. The summed E-state index contributed by atoms with van der Waals surface area (Å²) in [6.45, 7) is 0. The van der Waals surface area contributed by atoms with Crippen LogP contribution in [0.25, 0.3) is 0 Å². The van der Waals surface area contributed by atoms with Gasteiger partial charge in [0.25, 0.3) is 0 Å². The molecule has 1 atom stereocenters. The van der Waals surface area contributed by atoms with Crippen molar-refractivity contribution >= 4 is 33.2 Å². The lowest BCUT2D eigenvalue weighted by Gasteiger charge is -2.10. The lowest BCUT2D eigenvalue weighted by molar-refractivity contribution is -0.136. The van der Waals surface area contributed by atoms with Crippen LogP contribution in [-0.4, -0.2) is 43.7 Å². The van der Waals surface area contributed by atoms with Gasteiger partial charge in [-0.15, -0.1) is 0 Å². The van der Waals surface area contributed by atoms with E-state index in [9.17, 15) is 22.8 Å². The summed E-state index contributed by atoms with van der Waals surface area (Å²) in [6.07, 6.45) is 0.300. The summed E-state index contributed by atoms with van der Waals surface area (Å²) in [5.74, 6) is -2.55. The highest BCUT2D eigenvalue weighted by Crippen LogP contribution is 2.12. The van der Waals surface area contributed by atoms with E-state index >= 15 is 0 Å². The standard InChI is InChI=1S/C13H15N3O5S/c14-11(17)8-1-3-9(4-2-8)15-12(18)13(19)16-10-5-6-22(20,21)7-10/h1-4,10H,5-7H2,(H2,14,17)(H,15,18)(H,16,19). The van der Waals surface area contributed by atoms with E-state index in [-0.39, 0.29) is 17.1 Å². The highest BCUT2D eigenvalue weighted by molar-refractivity contribution is 7.91. The third-order valence-corrected chi connectivity index (χ3v) is 4.97. The maximum atomic E-state index is 11.7. The molecule has 1 aliphatic rings. The monoisotopic (exact) mass is 325 g/mol. The predicted octanol–water partition coefficient (Wildman–Crippen LogP) is -0.973. The van der Waals surface area contributed by atoms with Gasteiger partial charge in [0.15, 0.2) is 9.84 Å². The Hall–Kier alpha value is -2.42. The first-order chi connectivity index (χ1) is 10.3. The summed E-state index contributed by atoms with van der Waals surface area (Å²) < 4.78 is 22.6. The number of rotatable bonds is 3. The second kappa shape index (κ2) is 6.14. The molecule has 1 fully saturated rings. The molecule has 22 heavy (non-hydrogen) atoms. The maximum Gasteiger partial charge on any atom is 0.313 e. The topological polar surface area (TPSA) is 135 Å². The highest BCUT2D eigenvalue weighted by atomic mass is 32.2. The van der Waals surface area contributed by atoms with Gasteiger partial charge in [0.1, 0.15) is 0 Å². The molecule has 8 nitrogen and oxygen atoms in total. The Labute approximate surface area is 127 Å². The minimum absolute atomic E-state index is 0.00808. The molecule has 3 amide bonds. The van der Waals surface area contributed by atoms with Crippen LogP contribution in [0, 0.1) is 0 Å². The first-order valence-electron chi connectivity index (χ1n) is 6.49. The summed E-state index contributed by atoms with van der Waals surface area (Å²) in [7, 11) is -3.13. The Morgan fingerprint density at radius 2 is 1.73 bits per heavy atom. The van der Waals surface area contributed by atoms with Crippen molar-refractivity contribution in [3.63, 3.8) is 0 Å². The second-order valence-corrected chi connectivity index (χ2v) is 7.20. The third-order valence-electron chi connectivity index (χ3n) is 3.20. The molecular weight excluding hydrogens is 310 g/mol. The van der Waals surface area contributed by atoms with E-state index in [0.717, 1.165) is 0 Å². The molecule has 0 aromatic heterocycles. The minimum Gasteiger partial charge on any atom is -0.366 e. The minimum atomic E-state index is -3.13. The van der Waals surface area contributed by atoms with Crippen molar-refractivity contribution in [3.05, 3.63) is 29.8 Å². The van der Waals surface area contributed by atoms with E-state index < -0.39 is 33.6 Å². The van der Waals surface area contributed by atoms with Crippen LogP contribution in [-0.2, 0) is 19.4 Å². The van der Waals surface area contributed by atoms with E-state index in [1.54, 1.807) is 0 Å². The molecule has 0 radical (unpaired) electrons. The smallest absolute Gasteiger partial charge is 0.313 e. The first-order valence-corrected chi connectivity index (χ1v) is 8.31. The number of carbonyl (C=O) groups is 3. The molecule has 2 rings (SSSR count). The number of hydrogen-bond acceptors (Lipinski definition) is 5. The predicted molar refractivity (Wildman–Crippen MR) is 78.8 cm³/mol. The number of nitrogens with one attached hydrogen (secondary N) is 2. The van der Waals surface area contributed by atoms with Crippen molar-refractivity contribution in [2.75, 3.05) is 16.8 Å². The van der Waals surface area contributed by atoms with Crippen molar-refractivity contribution in [2.45, 2.75) is 12.5 Å². The van der Waals surface area contributed by atoms with Crippen LogP contribution in [0.3, 0.4) is 0 Å². The largest absolute Gasteiger partial charge is 0.366 e. The van der Waals surface area contributed by atoms with Crippen LogP contribution in [0.5, 0.6) is 0 Å². The van der Waals surface area contributed by atoms with Gasteiger partial charge in [-0.2, -0.15) is 0 Å². The Bertz CT molecular complexity index is 712. The summed E-state index contributed by atoms with van der Waals surface area (Å²) in [5.41, 5.74) is 5.69. The number of carbonyl (C=O) groups excluding carboxylic acids is 3. The van der Waals surface area contributed by atoms with Crippen LogP contribution in [0.1, 0.15) is 16.8 Å². The van der Waals surface area contributed by atoms with Gasteiger partial charge in [0.05, 0.1) is 11.5 Å². The molecule has 4 N–H and O–H groups in total. The number of amides is 3. The average Bonchev–Trinajstić information content (AvgIpc) is 2.78. The van der Waals surface area contributed by atoms with E-state index in [0.29, 0.717) is 12.1 Å². The fourth-order valence-corrected chi connectivity index (χ4v) is 3.74. The Morgan fingerprint density at radius 3 is 2.23 bits per heavy atom. The number of anilines is 1. The molecule has 9 heteroatoms. The third kappa shape index (κ3) is 4.04. The van der Waals surface area contributed by atoms with Gasteiger partial charge in [-0.1, -0.05) is 0 Å². The van der Waals surface area contributed by atoms with E-state index in [2.05, 4.69) is 10.6 Å². The van der Waals surface area contributed by atoms with E-state index in [1.807, 2.05) is 0 Å². The van der Waals surface area contributed by atoms with Crippen LogP contribution in [0.4, 0.5) is 5.69 Å². The van der Waals surface area contributed by atoms with Crippen LogP contribution < -0.4 is 16.4 Å². The molecule has 0 spiro atoms. The molecule has 1 aromatic rings. The zero-order valence-electron chi connectivity index (χ0n) is 11.5. The Kier molecular flexibility index (Phi) is 4.45. The Balaban J connectivity index is 1.91. The van der Waals surface area contributed by atoms with Crippen LogP contribution in [0.2, 0.25) is 0 Å². The summed E-state index contributed by atoms with van der Waals surface area (Å²) in [5, 5.41) is 4.73. The molecule has 1 saturated heterocycles. The van der Waals surface area contributed by atoms with Crippen molar-refractivity contribution in [3.8, 4) is 0 Å². The number of nitrogens with two attached hydrogens (primary N) is 1. The van der Waals surface area contributed by atoms with E-state index in [4.69, 9.17) is 5.73 Å². The normalized spacial score (nSPS) is 19.4. The molecule has 1 heterocycles. The van der Waals surface area contributed by atoms with Crippen LogP contribution >= 0.6 is 0 Å². The zero-order valence-corrected chi connectivity index (χ0v) is 12.4. The number of primary amides is 1. The van der Waals surface area contributed by atoms with Gasteiger partial charge >= 0.3 is 11.8 Å². The number of sulfone groups is 1. The fraction of sp³-hybridized carbons (Fsp3) is 0.308. The lowest BCUT2D eigenvalue weighted by atomic mass is 10.2. The van der Waals surface area contributed by atoms with Gasteiger partial charge in [-0.25, -0.2) is 8.42 Å². The van der Waals surface area contributed by atoms with Crippen molar-refractivity contribution in [2.24, 2.45) is 5.73 Å². The summed E-state index contributed by atoms with van der Waals surface area (Å²) in [6, 6.07) is 5.16. The van der Waals surface area contributed by atoms with Crippen molar-refractivity contribution < 1.29 is 22.8 Å². The van der Waals surface area contributed by atoms with Gasteiger partial charge in [0, 0.05) is 17.3 Å². The zero-order chi connectivity index (χ0) is 16.3. The van der Waals surface area contributed by atoms with Crippen molar-refractivity contribution in [1.29, 1.82) is 0 Å². The molecule has 0 aliphatic carbocycles. The molecule has 0 saturated carbocycles. The van der Waals surface area contributed by atoms with Gasteiger partial charge in [0.2, 0.25) is 5.91 Å². The molecule has 1 aliphatic heterocycles. The molecule has 1 aromatic carbocycles. The SMILES string of the molecule is NC(=O)c1ccc(NC(=O)C(=O)NC2CCS(=O)(=O)C2)cc1. The molecule has 0 bridgehead atoms. The molecule has 1 unspecified atom stereocenters. The second-order valence-electron chi connectivity index (χ2n) is 4.97. The molecule has 118 valence electrons. The fourth-order valence-electron chi connectivity index (χ4n) is 2.07. The van der Waals surface area contributed by atoms with Crippen molar-refractivity contribution in [1.82, 2.24) is 5.32 Å². The van der Waals surface area contributed by atoms with Gasteiger partial charge in [-0.05, 0) is 30.7 Å². The summed E-state index contributed by atoms with van der Waals surface area (Å²) >= 11 is 0. The lowest BCUT2D eigenvalue weighted by Crippen LogP contribution is -2.42. The average molecular weight is 325 g/mol. The van der Waals surface area contributed by atoms with Crippen LogP contribution in [0.15, 0.2) is 24.3 Å². The maximum absolute atomic E-state index is 11.7. The van der Waals surface area contributed by atoms with Gasteiger partial charge < -0.3 is 16.4 Å². The number of benzene rings is 1. The Morgan fingerprint density at radius 1 is 1.09 bits per heavy atom. The molecular formula is C13H15N3O5S. The number of hydrogen-bond donors (Lipinski definition) is 3. The van der Waals surface area contributed by atoms with E-state index in [1.165, 1.54) is 24.3 Å². The highest BCUT2D eigenvalue weighted by Gasteiger charge is 2.30. The first kappa shape index (κ1) is 16.0. The van der Waals surface area contributed by atoms with Gasteiger partial charge in [-0.3, -0.25) is 14.4 Å².